The summed E-state index contributed by atoms with van der Waals surface area (Å²) in [5, 5.41) is 2.81. The molecule has 0 aromatic heterocycles. The summed E-state index contributed by atoms with van der Waals surface area (Å²) in [7, 11) is 4.45. The summed E-state index contributed by atoms with van der Waals surface area (Å²) in [5.41, 5.74) is 1.79. The Morgan fingerprint density at radius 2 is 1.81 bits per heavy atom. The second-order valence-corrected chi connectivity index (χ2v) is 6.47. The number of esters is 1. The first-order valence-electron chi connectivity index (χ1n) is 7.71. The molecule has 0 spiro atoms. The third-order valence-corrected chi connectivity index (χ3v) is 4.90. The molecule has 0 fully saturated rings. The Morgan fingerprint density at radius 3 is 2.50 bits per heavy atom. The number of thioether (sulfide) groups is 1. The van der Waals surface area contributed by atoms with Gasteiger partial charge in [-0.15, -0.1) is 0 Å². The number of hydrogen-bond donors (Lipinski definition) is 1. The van der Waals surface area contributed by atoms with Crippen molar-refractivity contribution in [3.8, 4) is 11.5 Å². The van der Waals surface area contributed by atoms with Gasteiger partial charge < -0.3 is 19.5 Å². The minimum atomic E-state index is -0.446. The molecular weight excluding hydrogens is 354 g/mol. The smallest absolute Gasteiger partial charge is 0.337 e. The number of carbonyl (C=O) groups is 2. The summed E-state index contributed by atoms with van der Waals surface area (Å²) in [6.07, 6.45) is 1.78. The van der Waals surface area contributed by atoms with E-state index in [0.717, 1.165) is 10.5 Å². The number of amides is 1. The van der Waals surface area contributed by atoms with Crippen LogP contribution < -0.4 is 14.8 Å². The van der Waals surface area contributed by atoms with Gasteiger partial charge in [0.2, 0.25) is 0 Å². The lowest BCUT2D eigenvalue weighted by molar-refractivity contribution is -0.112. The molecule has 0 atom stereocenters. The summed E-state index contributed by atoms with van der Waals surface area (Å²) >= 11 is 1.34. The average Bonchev–Trinajstić information content (AvgIpc) is 2.67. The van der Waals surface area contributed by atoms with E-state index in [2.05, 4.69) is 5.32 Å². The summed E-state index contributed by atoms with van der Waals surface area (Å²) in [6, 6.07) is 10.5. The lowest BCUT2D eigenvalue weighted by Gasteiger charge is -2.19. The Morgan fingerprint density at radius 1 is 1.04 bits per heavy atom. The van der Waals surface area contributed by atoms with Crippen LogP contribution >= 0.6 is 11.8 Å². The van der Waals surface area contributed by atoms with Crippen LogP contribution in [0.1, 0.15) is 15.9 Å². The van der Waals surface area contributed by atoms with Gasteiger partial charge in [0.05, 0.1) is 37.5 Å². The van der Waals surface area contributed by atoms with Gasteiger partial charge in [0.25, 0.3) is 5.91 Å². The van der Waals surface area contributed by atoms with Crippen LogP contribution in [0.15, 0.2) is 46.2 Å². The molecule has 0 saturated heterocycles. The zero-order valence-corrected chi connectivity index (χ0v) is 15.3. The van der Waals surface area contributed by atoms with E-state index >= 15 is 0 Å². The van der Waals surface area contributed by atoms with Gasteiger partial charge in [-0.25, -0.2) is 4.79 Å². The summed E-state index contributed by atoms with van der Waals surface area (Å²) in [5.74, 6) is 0.528. The van der Waals surface area contributed by atoms with Crippen LogP contribution in [0.2, 0.25) is 0 Å². The number of nitrogens with one attached hydrogen (secondary N) is 1. The third kappa shape index (κ3) is 3.52. The molecule has 1 heterocycles. The van der Waals surface area contributed by atoms with Crippen LogP contribution in [-0.4, -0.2) is 33.2 Å². The van der Waals surface area contributed by atoms with E-state index in [4.69, 9.17) is 14.2 Å². The molecule has 7 heteroatoms. The van der Waals surface area contributed by atoms with Crippen molar-refractivity contribution >= 4 is 35.4 Å². The van der Waals surface area contributed by atoms with Crippen LogP contribution in [0, 0.1) is 0 Å². The van der Waals surface area contributed by atoms with Gasteiger partial charge in [-0.1, -0.05) is 17.8 Å². The number of methoxy groups -OCH3 is 3. The van der Waals surface area contributed by atoms with E-state index < -0.39 is 5.97 Å². The summed E-state index contributed by atoms with van der Waals surface area (Å²) in [4.78, 5) is 25.4. The maximum atomic E-state index is 12.4. The molecule has 0 unspecified atom stereocenters. The number of hydrogen-bond acceptors (Lipinski definition) is 6. The molecule has 2 aromatic rings. The molecular formula is C19H17NO5S. The minimum absolute atomic E-state index is 0.237. The fourth-order valence-corrected chi connectivity index (χ4v) is 3.43. The molecule has 0 aliphatic carbocycles. The SMILES string of the molecule is COC(=O)c1ccc2c(c1)NC(=O)C(=Cc1ccc(OC)c(OC)c1)S2. The third-order valence-electron chi connectivity index (χ3n) is 3.80. The highest BCUT2D eigenvalue weighted by Crippen LogP contribution is 2.40. The zero-order chi connectivity index (χ0) is 18.7. The number of benzene rings is 2. The molecule has 0 bridgehead atoms. The lowest BCUT2D eigenvalue weighted by atomic mass is 10.1. The van der Waals surface area contributed by atoms with Crippen molar-refractivity contribution in [3.63, 3.8) is 0 Å². The molecule has 134 valence electrons. The Hall–Kier alpha value is -2.93. The predicted molar refractivity (Wildman–Crippen MR) is 99.8 cm³/mol. The lowest BCUT2D eigenvalue weighted by Crippen LogP contribution is -2.18. The maximum Gasteiger partial charge on any atom is 0.337 e. The van der Waals surface area contributed by atoms with Gasteiger partial charge in [-0.2, -0.15) is 0 Å². The quantitative estimate of drug-likeness (QED) is 0.654. The van der Waals surface area contributed by atoms with Crippen molar-refractivity contribution < 1.29 is 23.8 Å². The highest BCUT2D eigenvalue weighted by atomic mass is 32.2. The van der Waals surface area contributed by atoms with E-state index in [1.165, 1.54) is 18.9 Å². The molecule has 26 heavy (non-hydrogen) atoms. The Balaban J connectivity index is 1.91. The van der Waals surface area contributed by atoms with Crippen LogP contribution in [0.4, 0.5) is 5.69 Å². The van der Waals surface area contributed by atoms with Crippen molar-refractivity contribution in [2.24, 2.45) is 0 Å². The molecule has 0 radical (unpaired) electrons. The largest absolute Gasteiger partial charge is 0.493 e. The summed E-state index contributed by atoms with van der Waals surface area (Å²) < 4.78 is 15.2. The van der Waals surface area contributed by atoms with E-state index in [9.17, 15) is 9.59 Å². The van der Waals surface area contributed by atoms with Crippen molar-refractivity contribution in [3.05, 3.63) is 52.4 Å². The van der Waals surface area contributed by atoms with Gasteiger partial charge in [0.15, 0.2) is 11.5 Å². The predicted octanol–water partition coefficient (Wildman–Crippen LogP) is 3.58. The molecule has 3 rings (SSSR count). The minimum Gasteiger partial charge on any atom is -0.493 e. The average molecular weight is 371 g/mol. The van der Waals surface area contributed by atoms with Crippen molar-refractivity contribution in [1.82, 2.24) is 0 Å². The number of anilines is 1. The molecule has 2 aromatic carbocycles. The Kier molecular flexibility index (Phi) is 5.18. The highest BCUT2D eigenvalue weighted by Gasteiger charge is 2.22. The molecule has 6 nitrogen and oxygen atoms in total. The normalized spacial score (nSPS) is 14.4. The van der Waals surface area contributed by atoms with Crippen molar-refractivity contribution in [2.45, 2.75) is 4.90 Å². The first kappa shape index (κ1) is 17.9. The fraction of sp³-hybridized carbons (Fsp3) is 0.158. The highest BCUT2D eigenvalue weighted by molar-refractivity contribution is 8.04. The summed E-state index contributed by atoms with van der Waals surface area (Å²) in [6.45, 7) is 0. The van der Waals surface area contributed by atoms with Crippen LogP contribution in [0.25, 0.3) is 6.08 Å². The molecule has 1 N–H and O–H groups in total. The van der Waals surface area contributed by atoms with Crippen molar-refractivity contribution in [2.75, 3.05) is 26.6 Å². The van der Waals surface area contributed by atoms with Crippen molar-refractivity contribution in [1.29, 1.82) is 0 Å². The fourth-order valence-electron chi connectivity index (χ4n) is 2.50. The standard InChI is InChI=1S/C19H17NO5S/c1-23-14-6-4-11(8-15(14)24-2)9-17-18(21)20-13-10-12(19(22)25-3)5-7-16(13)26-17/h4-10H,1-3H3,(H,20,21). The van der Waals surface area contributed by atoms with E-state index in [1.54, 1.807) is 50.6 Å². The van der Waals surface area contributed by atoms with E-state index in [0.29, 0.717) is 27.7 Å². The zero-order valence-electron chi connectivity index (χ0n) is 14.5. The topological polar surface area (TPSA) is 73.9 Å². The maximum absolute atomic E-state index is 12.4. The van der Waals surface area contributed by atoms with E-state index in [1.807, 2.05) is 6.07 Å². The van der Waals surface area contributed by atoms with Gasteiger partial charge in [-0.05, 0) is 42.0 Å². The van der Waals surface area contributed by atoms with Crippen LogP contribution in [-0.2, 0) is 9.53 Å². The number of ether oxygens (including phenoxy) is 3. The first-order valence-corrected chi connectivity index (χ1v) is 8.52. The molecule has 1 aliphatic rings. The Labute approximate surface area is 155 Å². The molecule has 1 amide bonds. The van der Waals surface area contributed by atoms with Crippen LogP contribution in [0.5, 0.6) is 11.5 Å². The van der Waals surface area contributed by atoms with Gasteiger partial charge in [0.1, 0.15) is 0 Å². The first-order chi connectivity index (χ1) is 12.5. The number of rotatable bonds is 4. The molecule has 1 aliphatic heterocycles. The second-order valence-electron chi connectivity index (χ2n) is 5.38. The number of carbonyl (C=O) groups excluding carboxylic acids is 2. The monoisotopic (exact) mass is 371 g/mol. The van der Waals surface area contributed by atoms with Crippen LogP contribution in [0.3, 0.4) is 0 Å². The second kappa shape index (κ2) is 7.53. The van der Waals surface area contributed by atoms with E-state index in [-0.39, 0.29) is 5.91 Å². The molecule has 0 saturated carbocycles. The van der Waals surface area contributed by atoms with Gasteiger partial charge in [-0.3, -0.25) is 4.79 Å². The Bertz CT molecular complexity index is 907. The van der Waals surface area contributed by atoms with Gasteiger partial charge in [0, 0.05) is 4.90 Å². The van der Waals surface area contributed by atoms with Gasteiger partial charge >= 0.3 is 5.97 Å². The number of fused-ring (bicyclic) bond motifs is 1.